The minimum atomic E-state index is -3.66. The highest BCUT2D eigenvalue weighted by Crippen LogP contribution is 2.28. The monoisotopic (exact) mass is 470 g/mol. The van der Waals surface area contributed by atoms with Gasteiger partial charge in [-0.05, 0) is 31.5 Å². The molecule has 1 heterocycles. The Morgan fingerprint density at radius 2 is 1.91 bits per heavy atom. The second-order valence-corrected chi connectivity index (χ2v) is 9.62. The van der Waals surface area contributed by atoms with Gasteiger partial charge < -0.3 is 25.0 Å². The number of piperazine rings is 1. The maximum absolute atomic E-state index is 12.8. The zero-order valence-electron chi connectivity index (χ0n) is 18.9. The van der Waals surface area contributed by atoms with E-state index < -0.39 is 33.3 Å². The fourth-order valence-corrected chi connectivity index (χ4v) is 4.04. The molecule has 12 heteroatoms. The van der Waals surface area contributed by atoms with E-state index in [0.29, 0.717) is 18.1 Å². The van der Waals surface area contributed by atoms with Gasteiger partial charge in [0.1, 0.15) is 5.54 Å². The molecule has 1 atom stereocenters. The molecule has 1 aliphatic heterocycles. The smallest absolute Gasteiger partial charge is 0.247 e. The van der Waals surface area contributed by atoms with Crippen molar-refractivity contribution in [2.24, 2.45) is 0 Å². The lowest BCUT2D eigenvalue weighted by Crippen LogP contribution is -2.68. The minimum absolute atomic E-state index is 0.201. The highest BCUT2D eigenvalue weighted by Gasteiger charge is 2.47. The Morgan fingerprint density at radius 1 is 1.22 bits per heavy atom. The molecule has 1 aromatic rings. The fraction of sp³-hybridized carbons (Fsp3) is 0.550. The van der Waals surface area contributed by atoms with Gasteiger partial charge in [-0.15, -0.1) is 0 Å². The van der Waals surface area contributed by atoms with Crippen LogP contribution in [-0.2, 0) is 31.0 Å². The minimum Gasteiger partial charge on any atom is -0.493 e. The molecule has 1 saturated heterocycles. The van der Waals surface area contributed by atoms with Crippen LogP contribution in [0.4, 0.5) is 0 Å². The molecule has 0 spiro atoms. The van der Waals surface area contributed by atoms with Crippen LogP contribution in [0.5, 0.6) is 11.5 Å². The number of ether oxygens (including phenoxy) is 2. The highest BCUT2D eigenvalue weighted by atomic mass is 32.2. The summed E-state index contributed by atoms with van der Waals surface area (Å²) >= 11 is 0. The molecule has 32 heavy (non-hydrogen) atoms. The molecule has 3 amide bonds. The van der Waals surface area contributed by atoms with E-state index in [4.69, 9.17) is 9.47 Å². The molecule has 11 nitrogen and oxygen atoms in total. The Balaban J connectivity index is 1.96. The highest BCUT2D eigenvalue weighted by molar-refractivity contribution is 7.88. The molecule has 2 rings (SSSR count). The second-order valence-electron chi connectivity index (χ2n) is 7.64. The largest absolute Gasteiger partial charge is 0.493 e. The lowest BCUT2D eigenvalue weighted by atomic mass is 9.96. The van der Waals surface area contributed by atoms with Crippen molar-refractivity contribution in [2.75, 3.05) is 46.7 Å². The number of rotatable bonds is 9. The molecule has 0 saturated carbocycles. The number of methoxy groups -OCH3 is 1. The molecule has 1 fully saturated rings. The maximum atomic E-state index is 12.8. The first-order valence-corrected chi connectivity index (χ1v) is 11.8. The van der Waals surface area contributed by atoms with Crippen molar-refractivity contribution in [3.05, 3.63) is 23.8 Å². The van der Waals surface area contributed by atoms with Gasteiger partial charge in [-0.2, -0.15) is 4.31 Å². The van der Waals surface area contributed by atoms with Crippen LogP contribution >= 0.6 is 0 Å². The summed E-state index contributed by atoms with van der Waals surface area (Å²) in [5.74, 6) is -0.436. The van der Waals surface area contributed by atoms with E-state index >= 15 is 0 Å². The number of nitrogens with one attached hydrogen (secondary N) is 2. The third kappa shape index (κ3) is 5.88. The molecule has 1 aromatic carbocycles. The van der Waals surface area contributed by atoms with Gasteiger partial charge in [0.15, 0.2) is 11.5 Å². The number of likely N-dealkylation sites (N-methyl/N-ethyl adjacent to an activating group) is 1. The summed E-state index contributed by atoms with van der Waals surface area (Å²) in [6, 6.07) is 5.27. The van der Waals surface area contributed by atoms with E-state index in [1.165, 1.54) is 26.0 Å². The third-order valence-electron chi connectivity index (χ3n) is 5.30. The molecular formula is C20H30N4O7S. The Kier molecular flexibility index (Phi) is 8.07. The lowest BCUT2D eigenvalue weighted by molar-refractivity contribution is -0.150. The Bertz CT molecular complexity index is 982. The van der Waals surface area contributed by atoms with Gasteiger partial charge in [-0.1, -0.05) is 6.07 Å². The third-order valence-corrected chi connectivity index (χ3v) is 6.49. The average Bonchev–Trinajstić information content (AvgIpc) is 2.73. The van der Waals surface area contributed by atoms with Gasteiger partial charge in [0, 0.05) is 20.1 Å². The van der Waals surface area contributed by atoms with Gasteiger partial charge >= 0.3 is 0 Å². The van der Waals surface area contributed by atoms with Crippen LogP contribution in [0.2, 0.25) is 0 Å². The van der Waals surface area contributed by atoms with Gasteiger partial charge in [-0.25, -0.2) is 8.42 Å². The predicted octanol–water partition coefficient (Wildman–Crippen LogP) is -0.681. The van der Waals surface area contributed by atoms with Crippen molar-refractivity contribution in [1.82, 2.24) is 19.8 Å². The Hall–Kier alpha value is -2.86. The van der Waals surface area contributed by atoms with Crippen molar-refractivity contribution in [3.63, 3.8) is 0 Å². The molecule has 178 valence electrons. The first-order chi connectivity index (χ1) is 14.9. The number of benzene rings is 1. The van der Waals surface area contributed by atoms with Crippen LogP contribution in [0.25, 0.3) is 0 Å². The number of amides is 3. The molecule has 1 aliphatic rings. The van der Waals surface area contributed by atoms with Gasteiger partial charge in [-0.3, -0.25) is 14.4 Å². The van der Waals surface area contributed by atoms with E-state index in [2.05, 4.69) is 10.6 Å². The van der Waals surface area contributed by atoms with E-state index in [1.807, 2.05) is 6.92 Å². The number of nitrogens with zero attached hydrogens (tertiary/aromatic N) is 2. The summed E-state index contributed by atoms with van der Waals surface area (Å²) in [6.07, 6.45) is 0.980. The standard InChI is InChI=1S/C20H30N4O7S/c1-6-31-16-9-14(7-8-15(16)30-4)10-21-17(25)11-22-19(27)20(2)13-24(32(5,28)29)12-18(26)23(20)3/h7-9H,6,10-13H2,1-5H3,(H,21,25)(H,22,27)/t20-/m1/s1. The molecule has 0 aliphatic carbocycles. The van der Waals surface area contributed by atoms with Crippen molar-refractivity contribution in [1.29, 1.82) is 0 Å². The summed E-state index contributed by atoms with van der Waals surface area (Å²) < 4.78 is 35.5. The Labute approximate surface area is 188 Å². The van der Waals surface area contributed by atoms with Crippen LogP contribution < -0.4 is 20.1 Å². The molecule has 0 bridgehead atoms. The van der Waals surface area contributed by atoms with Gasteiger partial charge in [0.25, 0.3) is 0 Å². The second kappa shape index (κ2) is 10.2. The topological polar surface area (TPSA) is 134 Å². The van der Waals surface area contributed by atoms with E-state index in [-0.39, 0.29) is 26.2 Å². The first-order valence-electron chi connectivity index (χ1n) is 9.99. The normalized spacial score (nSPS) is 19.4. The summed E-state index contributed by atoms with van der Waals surface area (Å²) in [5.41, 5.74) is -0.663. The number of carbonyl (C=O) groups is 3. The maximum Gasteiger partial charge on any atom is 0.247 e. The average molecular weight is 471 g/mol. The van der Waals surface area contributed by atoms with E-state index in [0.717, 1.165) is 16.1 Å². The van der Waals surface area contributed by atoms with Crippen LogP contribution in [-0.4, -0.2) is 87.5 Å². The van der Waals surface area contributed by atoms with Crippen LogP contribution in [0, 0.1) is 0 Å². The fourth-order valence-electron chi connectivity index (χ4n) is 3.21. The number of sulfonamides is 1. The van der Waals surface area contributed by atoms with E-state index in [1.54, 1.807) is 18.2 Å². The van der Waals surface area contributed by atoms with Crippen molar-refractivity contribution in [3.8, 4) is 11.5 Å². The molecular weight excluding hydrogens is 440 g/mol. The summed E-state index contributed by atoms with van der Waals surface area (Å²) in [7, 11) is -0.694. The predicted molar refractivity (Wildman–Crippen MR) is 117 cm³/mol. The van der Waals surface area contributed by atoms with Crippen LogP contribution in [0.15, 0.2) is 18.2 Å². The summed E-state index contributed by atoms with van der Waals surface area (Å²) in [4.78, 5) is 38.5. The Morgan fingerprint density at radius 3 is 2.50 bits per heavy atom. The van der Waals surface area contributed by atoms with Gasteiger partial charge in [0.05, 0.1) is 33.1 Å². The number of hydrogen-bond donors (Lipinski definition) is 2. The van der Waals surface area contributed by atoms with Crippen molar-refractivity contribution in [2.45, 2.75) is 25.9 Å². The zero-order valence-corrected chi connectivity index (χ0v) is 19.7. The SMILES string of the molecule is CCOc1cc(CNC(=O)CNC(=O)[C@@]2(C)CN(S(C)(=O)=O)CC(=O)N2C)ccc1OC. The van der Waals surface area contributed by atoms with Gasteiger partial charge in [0.2, 0.25) is 27.7 Å². The summed E-state index contributed by atoms with van der Waals surface area (Å²) in [5, 5.41) is 5.18. The first kappa shape index (κ1) is 25.4. The molecule has 0 aromatic heterocycles. The quantitative estimate of drug-likeness (QED) is 0.488. The van der Waals surface area contributed by atoms with Crippen molar-refractivity contribution >= 4 is 27.7 Å². The number of carbonyl (C=O) groups excluding carboxylic acids is 3. The zero-order chi connectivity index (χ0) is 24.1. The molecule has 0 radical (unpaired) electrons. The lowest BCUT2D eigenvalue weighted by Gasteiger charge is -2.44. The number of hydrogen-bond acceptors (Lipinski definition) is 7. The van der Waals surface area contributed by atoms with Crippen LogP contribution in [0.1, 0.15) is 19.4 Å². The molecule has 2 N–H and O–H groups in total. The van der Waals surface area contributed by atoms with Crippen LogP contribution in [0.3, 0.4) is 0 Å². The van der Waals surface area contributed by atoms with E-state index in [9.17, 15) is 22.8 Å². The molecule has 0 unspecified atom stereocenters. The summed E-state index contributed by atoms with van der Waals surface area (Å²) in [6.45, 7) is 3.12. The van der Waals surface area contributed by atoms with Crippen molar-refractivity contribution < 1.29 is 32.3 Å².